The average molecular weight is 379 g/mol. The summed E-state index contributed by atoms with van der Waals surface area (Å²) in [5.74, 6) is 0.624. The Morgan fingerprint density at radius 3 is 2.69 bits per heavy atom. The van der Waals surface area contributed by atoms with E-state index in [9.17, 15) is 8.42 Å². The highest BCUT2D eigenvalue weighted by Crippen LogP contribution is 2.31. The van der Waals surface area contributed by atoms with E-state index in [4.69, 9.17) is 9.47 Å². The molecular formula is C18H25N3O4S. The van der Waals surface area contributed by atoms with Crippen LogP contribution in [0, 0.1) is 5.41 Å². The molecule has 0 N–H and O–H groups in total. The molecule has 2 aromatic rings. The van der Waals surface area contributed by atoms with Gasteiger partial charge in [-0.05, 0) is 17.5 Å². The first-order valence-corrected chi connectivity index (χ1v) is 9.97. The van der Waals surface area contributed by atoms with Gasteiger partial charge in [-0.2, -0.15) is 9.40 Å². The normalized spacial score (nSPS) is 19.5. The first-order chi connectivity index (χ1) is 12.2. The predicted octanol–water partition coefficient (Wildman–Crippen LogP) is 2.32. The first kappa shape index (κ1) is 18.9. The average Bonchev–Trinajstić information content (AvgIpc) is 3.11. The summed E-state index contributed by atoms with van der Waals surface area (Å²) in [4.78, 5) is 0.166. The summed E-state index contributed by atoms with van der Waals surface area (Å²) >= 11 is 0. The quantitative estimate of drug-likeness (QED) is 0.815. The molecule has 142 valence electrons. The molecule has 0 unspecified atom stereocenters. The maximum atomic E-state index is 13.2. The maximum absolute atomic E-state index is 13.2. The third-order valence-corrected chi connectivity index (χ3v) is 6.44. The summed E-state index contributed by atoms with van der Waals surface area (Å²) in [5, 5.41) is 4.24. The molecule has 2 heterocycles. The molecule has 1 saturated heterocycles. The molecule has 1 atom stereocenters. The highest BCUT2D eigenvalue weighted by atomic mass is 32.2. The summed E-state index contributed by atoms with van der Waals surface area (Å²) in [6.07, 6.45) is 2.92. The van der Waals surface area contributed by atoms with Crippen LogP contribution in [0.25, 0.3) is 5.69 Å². The Morgan fingerprint density at radius 1 is 1.27 bits per heavy atom. The zero-order valence-electron chi connectivity index (χ0n) is 15.5. The highest BCUT2D eigenvalue weighted by molar-refractivity contribution is 7.89. The van der Waals surface area contributed by atoms with Gasteiger partial charge >= 0.3 is 0 Å². The standard InChI is InChI=1S/C18H25N3O4S/c1-18(2,3)17-13-25-10-9-21(17)26(22,23)14-11-19-20(12-14)15-7-5-6-8-16(15)24-4/h5-8,11-12,17H,9-10,13H2,1-4H3/t17-/m1/s1. The van der Waals surface area contributed by atoms with Gasteiger partial charge in [-0.25, -0.2) is 13.1 Å². The minimum Gasteiger partial charge on any atom is -0.494 e. The van der Waals surface area contributed by atoms with E-state index in [0.717, 1.165) is 0 Å². The van der Waals surface area contributed by atoms with Crippen molar-refractivity contribution in [3.8, 4) is 11.4 Å². The van der Waals surface area contributed by atoms with E-state index in [-0.39, 0.29) is 16.4 Å². The molecule has 7 nitrogen and oxygen atoms in total. The molecule has 3 rings (SSSR count). The van der Waals surface area contributed by atoms with Gasteiger partial charge in [0.1, 0.15) is 16.3 Å². The van der Waals surface area contributed by atoms with Gasteiger partial charge in [0.25, 0.3) is 0 Å². The second-order valence-corrected chi connectivity index (χ2v) is 9.26. The van der Waals surface area contributed by atoms with E-state index in [1.165, 1.54) is 17.1 Å². The Balaban J connectivity index is 1.97. The Kier molecular flexibility index (Phi) is 5.09. The van der Waals surface area contributed by atoms with Crippen molar-refractivity contribution < 1.29 is 17.9 Å². The topological polar surface area (TPSA) is 73.7 Å². The molecule has 1 aromatic heterocycles. The van der Waals surface area contributed by atoms with Gasteiger partial charge in [0, 0.05) is 6.54 Å². The zero-order valence-corrected chi connectivity index (χ0v) is 16.4. The molecule has 1 fully saturated rings. The van der Waals surface area contributed by atoms with Crippen molar-refractivity contribution in [3.05, 3.63) is 36.7 Å². The smallest absolute Gasteiger partial charge is 0.246 e. The largest absolute Gasteiger partial charge is 0.494 e. The number of methoxy groups -OCH3 is 1. The molecule has 0 aliphatic carbocycles. The molecule has 1 aliphatic heterocycles. The number of nitrogens with zero attached hydrogens (tertiary/aromatic N) is 3. The van der Waals surface area contributed by atoms with Crippen molar-refractivity contribution in [1.82, 2.24) is 14.1 Å². The Bertz CT molecular complexity index is 871. The molecule has 0 radical (unpaired) electrons. The van der Waals surface area contributed by atoms with E-state index < -0.39 is 10.0 Å². The molecule has 0 bridgehead atoms. The van der Waals surface area contributed by atoms with Crippen LogP contribution >= 0.6 is 0 Å². The minimum atomic E-state index is -3.67. The zero-order chi connectivity index (χ0) is 18.9. The van der Waals surface area contributed by atoms with Crippen LogP contribution < -0.4 is 4.74 Å². The molecule has 1 aromatic carbocycles. The lowest BCUT2D eigenvalue weighted by molar-refractivity contribution is -0.00838. The molecular weight excluding hydrogens is 354 g/mol. The van der Waals surface area contributed by atoms with Crippen LogP contribution in [0.5, 0.6) is 5.75 Å². The summed E-state index contributed by atoms with van der Waals surface area (Å²) in [6.45, 7) is 7.19. The van der Waals surface area contributed by atoms with Crippen molar-refractivity contribution in [2.24, 2.45) is 5.41 Å². The number of morpholine rings is 1. The van der Waals surface area contributed by atoms with Gasteiger partial charge in [0.05, 0.1) is 38.8 Å². The molecule has 0 spiro atoms. The first-order valence-electron chi connectivity index (χ1n) is 8.53. The van der Waals surface area contributed by atoms with Gasteiger partial charge in [-0.3, -0.25) is 0 Å². The van der Waals surface area contributed by atoms with E-state index >= 15 is 0 Å². The van der Waals surface area contributed by atoms with Gasteiger partial charge in [0.15, 0.2) is 0 Å². The van der Waals surface area contributed by atoms with Crippen molar-refractivity contribution in [2.75, 3.05) is 26.9 Å². The number of benzene rings is 1. The Labute approximate surface area is 154 Å². The predicted molar refractivity (Wildman–Crippen MR) is 98.1 cm³/mol. The third-order valence-electron chi connectivity index (χ3n) is 4.58. The molecule has 0 amide bonds. The van der Waals surface area contributed by atoms with Crippen molar-refractivity contribution in [3.63, 3.8) is 0 Å². The summed E-state index contributed by atoms with van der Waals surface area (Å²) in [5.41, 5.74) is 0.456. The van der Waals surface area contributed by atoms with Crippen LogP contribution in [0.15, 0.2) is 41.6 Å². The molecule has 0 saturated carbocycles. The van der Waals surface area contributed by atoms with Crippen LogP contribution in [-0.2, 0) is 14.8 Å². The maximum Gasteiger partial charge on any atom is 0.246 e. The van der Waals surface area contributed by atoms with Crippen LogP contribution in [-0.4, -0.2) is 55.4 Å². The summed E-state index contributed by atoms with van der Waals surface area (Å²) in [6, 6.07) is 7.12. The molecule has 1 aliphatic rings. The van der Waals surface area contributed by atoms with E-state index in [0.29, 0.717) is 31.2 Å². The molecule has 26 heavy (non-hydrogen) atoms. The number of hydrogen-bond donors (Lipinski definition) is 0. The summed E-state index contributed by atoms with van der Waals surface area (Å²) in [7, 11) is -2.10. The number of sulfonamides is 1. The van der Waals surface area contributed by atoms with Gasteiger partial charge < -0.3 is 9.47 Å². The lowest BCUT2D eigenvalue weighted by Crippen LogP contribution is -2.54. The van der Waals surface area contributed by atoms with Crippen molar-refractivity contribution in [1.29, 1.82) is 0 Å². The number of ether oxygens (including phenoxy) is 2. The monoisotopic (exact) mass is 379 g/mol. The highest BCUT2D eigenvalue weighted by Gasteiger charge is 2.40. The van der Waals surface area contributed by atoms with Gasteiger partial charge in [-0.15, -0.1) is 0 Å². The van der Waals surface area contributed by atoms with E-state index in [1.54, 1.807) is 11.4 Å². The number of para-hydroxylation sites is 2. The van der Waals surface area contributed by atoms with Crippen LogP contribution in [0.1, 0.15) is 20.8 Å². The van der Waals surface area contributed by atoms with Gasteiger partial charge in [0.2, 0.25) is 10.0 Å². The van der Waals surface area contributed by atoms with Crippen molar-refractivity contribution in [2.45, 2.75) is 31.7 Å². The minimum absolute atomic E-state index is 0.166. The fourth-order valence-corrected chi connectivity index (χ4v) is 4.79. The van der Waals surface area contributed by atoms with Crippen LogP contribution in [0.4, 0.5) is 0 Å². The Hall–Kier alpha value is -1.90. The fourth-order valence-electron chi connectivity index (χ4n) is 3.08. The Morgan fingerprint density at radius 2 is 2.00 bits per heavy atom. The van der Waals surface area contributed by atoms with E-state index in [2.05, 4.69) is 5.10 Å². The SMILES string of the molecule is COc1ccccc1-n1cc(S(=O)(=O)N2CCOC[C@@H]2C(C)(C)C)cn1. The van der Waals surface area contributed by atoms with Crippen LogP contribution in [0.2, 0.25) is 0 Å². The number of hydrogen-bond acceptors (Lipinski definition) is 5. The number of rotatable bonds is 4. The second kappa shape index (κ2) is 7.02. The molecule has 8 heteroatoms. The van der Waals surface area contributed by atoms with Gasteiger partial charge in [-0.1, -0.05) is 32.9 Å². The number of aromatic nitrogens is 2. The van der Waals surface area contributed by atoms with E-state index in [1.807, 2.05) is 45.0 Å². The lowest BCUT2D eigenvalue weighted by atomic mass is 9.87. The second-order valence-electron chi connectivity index (χ2n) is 7.36. The van der Waals surface area contributed by atoms with Crippen LogP contribution in [0.3, 0.4) is 0 Å². The fraction of sp³-hybridized carbons (Fsp3) is 0.500. The summed E-state index contributed by atoms with van der Waals surface area (Å²) < 4.78 is 40.4. The lowest BCUT2D eigenvalue weighted by Gasteiger charge is -2.41. The third kappa shape index (κ3) is 3.49. The van der Waals surface area contributed by atoms with Crippen molar-refractivity contribution >= 4 is 10.0 Å².